The van der Waals surface area contributed by atoms with Crippen LogP contribution in [0.2, 0.25) is 0 Å². The van der Waals surface area contributed by atoms with E-state index in [-0.39, 0.29) is 23.8 Å². The molecule has 186 valence electrons. The van der Waals surface area contributed by atoms with Crippen LogP contribution in [0.1, 0.15) is 28.4 Å². The number of amides is 1. The summed E-state index contributed by atoms with van der Waals surface area (Å²) in [5.74, 6) is -1.52. The van der Waals surface area contributed by atoms with Gasteiger partial charge in [-0.25, -0.2) is 9.59 Å². The van der Waals surface area contributed by atoms with Crippen LogP contribution in [0.5, 0.6) is 0 Å². The molecule has 0 bridgehead atoms. The van der Waals surface area contributed by atoms with Crippen molar-refractivity contribution in [3.63, 3.8) is 0 Å². The molecule has 4 aromatic rings. The van der Waals surface area contributed by atoms with Crippen LogP contribution in [0.25, 0.3) is 17.1 Å². The molecule has 10 heteroatoms. The van der Waals surface area contributed by atoms with Gasteiger partial charge in [-0.3, -0.25) is 4.79 Å². The van der Waals surface area contributed by atoms with Crippen molar-refractivity contribution >= 4 is 40.4 Å². The maximum absolute atomic E-state index is 12.7. The number of hydrogen-bond donors (Lipinski definition) is 4. The molecule has 0 unspecified atom stereocenters. The molecule has 10 nitrogen and oxygen atoms in total. The molecule has 3 aromatic carbocycles. The molecule has 1 heterocycles. The lowest BCUT2D eigenvalue weighted by Gasteiger charge is -2.06. The fraction of sp³-hybridized carbons (Fsp3) is 0.0741. The van der Waals surface area contributed by atoms with Gasteiger partial charge in [-0.2, -0.15) is 5.11 Å². The number of anilines is 1. The molecular weight excluding hydrogens is 474 g/mol. The van der Waals surface area contributed by atoms with E-state index in [0.717, 1.165) is 11.1 Å². The fourth-order valence-electron chi connectivity index (χ4n) is 3.34. The summed E-state index contributed by atoms with van der Waals surface area (Å²) in [6.07, 6.45) is 1.73. The number of ether oxygens (including phenoxy) is 1. The van der Waals surface area contributed by atoms with Crippen LogP contribution in [0.3, 0.4) is 0 Å². The quantitative estimate of drug-likeness (QED) is 0.112. The first-order valence-corrected chi connectivity index (χ1v) is 11.2. The second kappa shape index (κ2) is 11.0. The molecule has 0 fully saturated rings. The summed E-state index contributed by atoms with van der Waals surface area (Å²) in [6, 6.07) is 18.4. The summed E-state index contributed by atoms with van der Waals surface area (Å²) >= 11 is 0. The fourth-order valence-corrected chi connectivity index (χ4v) is 3.34. The third-order valence-electron chi connectivity index (χ3n) is 5.29. The minimum atomic E-state index is -0.692. The highest BCUT2D eigenvalue weighted by atomic mass is 16.5. The number of imidazole rings is 1. The Morgan fingerprint density at radius 2 is 1.73 bits per heavy atom. The maximum Gasteiger partial charge on any atom is 0.338 e. The van der Waals surface area contributed by atoms with E-state index in [4.69, 9.17) is 4.74 Å². The predicted octanol–water partition coefficient (Wildman–Crippen LogP) is 5.37. The zero-order valence-electron chi connectivity index (χ0n) is 19.8. The molecule has 1 aromatic heterocycles. The Kier molecular flexibility index (Phi) is 7.39. The highest BCUT2D eigenvalue weighted by molar-refractivity contribution is 6.04. The lowest BCUT2D eigenvalue weighted by Crippen LogP contribution is -2.14. The highest BCUT2D eigenvalue weighted by Gasteiger charge is 2.14. The van der Waals surface area contributed by atoms with Gasteiger partial charge in [0.15, 0.2) is 5.70 Å². The van der Waals surface area contributed by atoms with Crippen LogP contribution >= 0.6 is 0 Å². The summed E-state index contributed by atoms with van der Waals surface area (Å²) in [5.41, 5.74) is 3.34. The van der Waals surface area contributed by atoms with Gasteiger partial charge in [0, 0.05) is 5.69 Å². The topological polar surface area (TPSA) is 149 Å². The number of fused-ring (bicyclic) bond motifs is 1. The Hall–Kier alpha value is -5.25. The normalized spacial score (nSPS) is 11.8. The molecule has 0 saturated carbocycles. The van der Waals surface area contributed by atoms with Crippen molar-refractivity contribution < 1.29 is 19.4 Å². The Morgan fingerprint density at radius 1 is 1.03 bits per heavy atom. The largest absolute Gasteiger partial charge is 0.510 e. The van der Waals surface area contributed by atoms with Gasteiger partial charge in [0.2, 0.25) is 0 Å². The Morgan fingerprint density at radius 3 is 2.41 bits per heavy atom. The number of aromatic amines is 2. The standard InChI is InChI=1S/C27H23N5O5/c1-3-17-4-6-18(7-5-17)15-37-26(35)19-8-10-20(11-9-19)31-32-24(16(2)33)25(34)28-21-12-13-22-23(14-21)30-27(36)29-22/h3-14,33H,1,15H2,2H3,(H,28,34)(H2,29,30,36). The molecule has 0 aliphatic carbocycles. The molecule has 1 amide bonds. The number of rotatable bonds is 8. The van der Waals surface area contributed by atoms with E-state index in [1.165, 1.54) is 31.2 Å². The van der Waals surface area contributed by atoms with Gasteiger partial charge in [-0.15, -0.1) is 5.11 Å². The van der Waals surface area contributed by atoms with E-state index in [0.29, 0.717) is 28.0 Å². The first-order chi connectivity index (χ1) is 17.8. The Bertz CT molecular complexity index is 1570. The van der Waals surface area contributed by atoms with Crippen molar-refractivity contribution in [3.05, 3.63) is 112 Å². The molecule has 4 rings (SSSR count). The summed E-state index contributed by atoms with van der Waals surface area (Å²) in [7, 11) is 0. The van der Waals surface area contributed by atoms with E-state index >= 15 is 0 Å². The van der Waals surface area contributed by atoms with Crippen molar-refractivity contribution in [3.8, 4) is 0 Å². The number of carbonyl (C=O) groups excluding carboxylic acids is 2. The summed E-state index contributed by atoms with van der Waals surface area (Å²) in [6.45, 7) is 5.14. The van der Waals surface area contributed by atoms with Crippen LogP contribution in [-0.2, 0) is 16.1 Å². The molecule has 0 saturated heterocycles. The molecule has 37 heavy (non-hydrogen) atoms. The lowest BCUT2D eigenvalue weighted by atomic mass is 10.1. The van der Waals surface area contributed by atoms with E-state index in [2.05, 4.69) is 32.1 Å². The first kappa shape index (κ1) is 24.9. The number of aliphatic hydroxyl groups excluding tert-OH is 1. The zero-order chi connectivity index (χ0) is 26.4. The van der Waals surface area contributed by atoms with Crippen LogP contribution < -0.4 is 11.0 Å². The van der Waals surface area contributed by atoms with Crippen LogP contribution in [0, 0.1) is 0 Å². The van der Waals surface area contributed by atoms with Gasteiger partial charge in [-0.05, 0) is 60.5 Å². The lowest BCUT2D eigenvalue weighted by molar-refractivity contribution is -0.113. The summed E-state index contributed by atoms with van der Waals surface area (Å²) in [5, 5.41) is 20.4. The van der Waals surface area contributed by atoms with E-state index in [1.807, 2.05) is 24.3 Å². The maximum atomic E-state index is 12.7. The molecule has 4 N–H and O–H groups in total. The number of hydrogen-bond acceptors (Lipinski definition) is 7. The van der Waals surface area contributed by atoms with Crippen LogP contribution in [-0.4, -0.2) is 27.0 Å². The summed E-state index contributed by atoms with van der Waals surface area (Å²) in [4.78, 5) is 41.6. The van der Waals surface area contributed by atoms with Crippen molar-refractivity contribution in [2.45, 2.75) is 13.5 Å². The molecule has 0 atom stereocenters. The van der Waals surface area contributed by atoms with Gasteiger partial charge in [0.05, 0.1) is 22.3 Å². The minimum absolute atomic E-state index is 0.129. The minimum Gasteiger partial charge on any atom is -0.510 e. The number of aromatic nitrogens is 2. The Labute approximate surface area is 211 Å². The molecule has 0 spiro atoms. The average molecular weight is 498 g/mol. The van der Waals surface area contributed by atoms with Crippen LogP contribution in [0.15, 0.2) is 99.8 Å². The third-order valence-corrected chi connectivity index (χ3v) is 5.29. The van der Waals surface area contributed by atoms with Crippen molar-refractivity contribution in [2.75, 3.05) is 5.32 Å². The smallest absolute Gasteiger partial charge is 0.338 e. The molecule has 0 aliphatic rings. The van der Waals surface area contributed by atoms with Crippen molar-refractivity contribution in [1.82, 2.24) is 9.97 Å². The Balaban J connectivity index is 1.38. The number of aliphatic hydroxyl groups is 1. The molecule has 0 radical (unpaired) electrons. The van der Waals surface area contributed by atoms with E-state index in [9.17, 15) is 19.5 Å². The second-order valence-corrected chi connectivity index (χ2v) is 8.00. The SMILES string of the molecule is C=Cc1ccc(COC(=O)c2ccc(N=NC(C(=O)Nc3ccc4[nH]c(=O)[nH]c4c3)=C(C)O)cc2)cc1. The average Bonchev–Trinajstić information content (AvgIpc) is 3.27. The number of azo groups is 1. The number of nitrogens with one attached hydrogen (secondary N) is 3. The van der Waals surface area contributed by atoms with Gasteiger partial charge in [0.25, 0.3) is 5.91 Å². The van der Waals surface area contributed by atoms with Gasteiger partial charge in [-0.1, -0.05) is 36.9 Å². The number of carbonyl (C=O) groups is 2. The molecule has 0 aliphatic heterocycles. The number of nitrogens with zero attached hydrogens (tertiary/aromatic N) is 2. The summed E-state index contributed by atoms with van der Waals surface area (Å²) < 4.78 is 5.34. The second-order valence-electron chi connectivity index (χ2n) is 8.00. The van der Waals surface area contributed by atoms with Crippen molar-refractivity contribution in [2.24, 2.45) is 10.2 Å². The molecular formula is C27H23N5O5. The zero-order valence-corrected chi connectivity index (χ0v) is 19.8. The van der Waals surface area contributed by atoms with Crippen LogP contribution in [0.4, 0.5) is 11.4 Å². The first-order valence-electron chi connectivity index (χ1n) is 11.2. The highest BCUT2D eigenvalue weighted by Crippen LogP contribution is 2.19. The van der Waals surface area contributed by atoms with E-state index < -0.39 is 11.9 Å². The number of H-pyrrole nitrogens is 2. The number of esters is 1. The van der Waals surface area contributed by atoms with Gasteiger partial charge in [0.1, 0.15) is 12.4 Å². The van der Waals surface area contributed by atoms with Gasteiger partial charge < -0.3 is 25.1 Å². The van der Waals surface area contributed by atoms with Crippen molar-refractivity contribution in [1.29, 1.82) is 0 Å². The number of allylic oxidation sites excluding steroid dienone is 1. The third kappa shape index (κ3) is 6.25. The number of benzene rings is 3. The van der Waals surface area contributed by atoms with Gasteiger partial charge >= 0.3 is 11.7 Å². The predicted molar refractivity (Wildman–Crippen MR) is 139 cm³/mol. The van der Waals surface area contributed by atoms with E-state index in [1.54, 1.807) is 24.3 Å². The monoisotopic (exact) mass is 497 g/mol.